The summed E-state index contributed by atoms with van der Waals surface area (Å²) in [6.45, 7) is 6.98. The van der Waals surface area contributed by atoms with Gasteiger partial charge in [0.25, 0.3) is 0 Å². The van der Waals surface area contributed by atoms with Gasteiger partial charge >= 0.3 is 0 Å². The Bertz CT molecular complexity index is 378. The van der Waals surface area contributed by atoms with Crippen molar-refractivity contribution in [1.82, 2.24) is 9.80 Å². The van der Waals surface area contributed by atoms with E-state index in [1.165, 1.54) is 39.1 Å². The summed E-state index contributed by atoms with van der Waals surface area (Å²) in [6, 6.07) is 0. The maximum Gasteiger partial charge on any atom is 0.0599 e. The van der Waals surface area contributed by atoms with Crippen LogP contribution in [0.2, 0.25) is 0 Å². The molecule has 0 radical (unpaired) electrons. The molecule has 1 aliphatic heterocycles. The van der Waals surface area contributed by atoms with E-state index < -0.39 is 0 Å². The topological polar surface area (TPSA) is 6.48 Å². The van der Waals surface area contributed by atoms with Gasteiger partial charge in [0, 0.05) is 26.2 Å². The lowest BCUT2D eigenvalue weighted by molar-refractivity contribution is -0.0621. The van der Waals surface area contributed by atoms with Crippen molar-refractivity contribution in [1.29, 1.82) is 0 Å². The molecule has 1 heterocycles. The zero-order valence-electron chi connectivity index (χ0n) is 13.4. The van der Waals surface area contributed by atoms with Crippen LogP contribution in [0.3, 0.4) is 0 Å². The Kier molecular flexibility index (Phi) is 3.76. The van der Waals surface area contributed by atoms with Gasteiger partial charge in [-0.1, -0.05) is 5.92 Å². The van der Waals surface area contributed by atoms with Gasteiger partial charge in [-0.3, -0.25) is 4.90 Å². The molecular formula is C19H30N2. The van der Waals surface area contributed by atoms with Crippen molar-refractivity contribution in [2.75, 3.05) is 39.3 Å². The maximum absolute atomic E-state index is 5.42. The molecule has 0 aromatic rings. The van der Waals surface area contributed by atoms with Gasteiger partial charge in [0.15, 0.2) is 0 Å². The highest BCUT2D eigenvalue weighted by Gasteiger charge is 2.50. The van der Waals surface area contributed by atoms with Gasteiger partial charge in [-0.2, -0.15) is 0 Å². The summed E-state index contributed by atoms with van der Waals surface area (Å²) in [5.74, 6) is 6.08. The molecule has 5 fully saturated rings. The first-order valence-corrected chi connectivity index (χ1v) is 9.13. The number of hydrogen-bond acceptors (Lipinski definition) is 2. The van der Waals surface area contributed by atoms with Crippen LogP contribution in [-0.2, 0) is 0 Å². The van der Waals surface area contributed by atoms with Crippen LogP contribution in [0.15, 0.2) is 0 Å². The van der Waals surface area contributed by atoms with Gasteiger partial charge in [-0.15, -0.1) is 6.42 Å². The van der Waals surface area contributed by atoms with E-state index in [2.05, 4.69) is 15.7 Å². The summed E-state index contributed by atoms with van der Waals surface area (Å²) in [5, 5.41) is 0. The molecule has 4 bridgehead atoms. The monoisotopic (exact) mass is 286 g/mol. The fourth-order valence-corrected chi connectivity index (χ4v) is 6.29. The van der Waals surface area contributed by atoms with E-state index >= 15 is 0 Å². The number of terminal acetylenes is 1. The Morgan fingerprint density at radius 1 is 0.857 bits per heavy atom. The molecule has 4 aliphatic carbocycles. The molecule has 0 unspecified atom stereocenters. The quantitative estimate of drug-likeness (QED) is 0.733. The molecule has 0 aromatic carbocycles. The maximum atomic E-state index is 5.42. The molecule has 1 saturated heterocycles. The molecule has 0 aromatic heterocycles. The third kappa shape index (κ3) is 2.88. The second kappa shape index (κ2) is 5.60. The molecule has 5 rings (SSSR count). The lowest BCUT2D eigenvalue weighted by Gasteiger charge is -2.57. The minimum Gasteiger partial charge on any atom is -0.301 e. The fraction of sp³-hybridized carbons (Fsp3) is 0.895. The van der Waals surface area contributed by atoms with Crippen LogP contribution in [0, 0.1) is 35.5 Å². The van der Waals surface area contributed by atoms with Gasteiger partial charge in [0.05, 0.1) is 6.54 Å². The lowest BCUT2D eigenvalue weighted by atomic mass is 9.49. The van der Waals surface area contributed by atoms with Crippen LogP contribution >= 0.6 is 0 Å². The first-order valence-electron chi connectivity index (χ1n) is 9.13. The molecule has 5 aliphatic rings. The zero-order valence-corrected chi connectivity index (χ0v) is 13.4. The largest absolute Gasteiger partial charge is 0.301 e. The van der Waals surface area contributed by atoms with Crippen LogP contribution in [0.1, 0.15) is 44.9 Å². The third-order valence-corrected chi connectivity index (χ3v) is 6.90. The SMILES string of the molecule is C#CCN1CCN(CCC23CC4CC(CC(C4)C2)C3)CC1. The minimum atomic E-state index is 0.755. The average Bonchev–Trinajstić information content (AvgIpc) is 2.46. The van der Waals surface area contributed by atoms with E-state index in [9.17, 15) is 0 Å². The van der Waals surface area contributed by atoms with E-state index in [1.54, 1.807) is 38.5 Å². The highest BCUT2D eigenvalue weighted by Crippen LogP contribution is 2.61. The van der Waals surface area contributed by atoms with Crippen molar-refractivity contribution in [2.24, 2.45) is 23.2 Å². The molecule has 116 valence electrons. The molecule has 21 heavy (non-hydrogen) atoms. The number of nitrogens with zero attached hydrogens (tertiary/aromatic N) is 2. The summed E-state index contributed by atoms with van der Waals surface area (Å²) in [6.07, 6.45) is 16.3. The van der Waals surface area contributed by atoms with Gasteiger partial charge in [0.2, 0.25) is 0 Å². The summed E-state index contributed by atoms with van der Waals surface area (Å²) >= 11 is 0. The number of rotatable bonds is 4. The van der Waals surface area contributed by atoms with Crippen molar-refractivity contribution >= 4 is 0 Å². The Balaban J connectivity index is 1.29. The van der Waals surface area contributed by atoms with E-state index in [4.69, 9.17) is 6.42 Å². The van der Waals surface area contributed by atoms with Gasteiger partial charge < -0.3 is 4.90 Å². The molecule has 0 N–H and O–H groups in total. The average molecular weight is 286 g/mol. The van der Waals surface area contributed by atoms with Crippen LogP contribution in [0.4, 0.5) is 0 Å². The van der Waals surface area contributed by atoms with Crippen LogP contribution in [-0.4, -0.2) is 49.1 Å². The highest BCUT2D eigenvalue weighted by molar-refractivity contribution is 5.01. The van der Waals surface area contributed by atoms with Crippen molar-refractivity contribution in [3.63, 3.8) is 0 Å². The second-order valence-corrected chi connectivity index (χ2v) is 8.49. The van der Waals surface area contributed by atoms with Crippen LogP contribution in [0.25, 0.3) is 0 Å². The summed E-state index contributed by atoms with van der Waals surface area (Å²) in [4.78, 5) is 5.12. The molecular weight excluding hydrogens is 256 g/mol. The zero-order chi connectivity index (χ0) is 14.3. The third-order valence-electron chi connectivity index (χ3n) is 6.90. The minimum absolute atomic E-state index is 0.755. The molecule has 0 atom stereocenters. The van der Waals surface area contributed by atoms with Crippen molar-refractivity contribution < 1.29 is 0 Å². The van der Waals surface area contributed by atoms with E-state index in [-0.39, 0.29) is 0 Å². The van der Waals surface area contributed by atoms with Gasteiger partial charge in [-0.25, -0.2) is 0 Å². The Morgan fingerprint density at radius 2 is 1.38 bits per heavy atom. The predicted octanol–water partition coefficient (Wildman–Crippen LogP) is 2.84. The lowest BCUT2D eigenvalue weighted by Crippen LogP contribution is -2.50. The smallest absolute Gasteiger partial charge is 0.0599 e. The first kappa shape index (κ1) is 14.1. The molecule has 0 amide bonds. The molecule has 2 heteroatoms. The predicted molar refractivity (Wildman–Crippen MR) is 86.9 cm³/mol. The summed E-state index contributed by atoms with van der Waals surface area (Å²) in [7, 11) is 0. The van der Waals surface area contributed by atoms with Crippen molar-refractivity contribution in [3.8, 4) is 12.3 Å². The van der Waals surface area contributed by atoms with Gasteiger partial charge in [0.1, 0.15) is 0 Å². The molecule has 0 spiro atoms. The first-order chi connectivity index (χ1) is 10.2. The fourth-order valence-electron chi connectivity index (χ4n) is 6.29. The van der Waals surface area contributed by atoms with Crippen LogP contribution in [0.5, 0.6) is 0 Å². The molecule has 2 nitrogen and oxygen atoms in total. The summed E-state index contributed by atoms with van der Waals surface area (Å²) < 4.78 is 0. The normalized spacial score (nSPS) is 43.1. The van der Waals surface area contributed by atoms with Crippen molar-refractivity contribution in [3.05, 3.63) is 0 Å². The number of hydrogen-bond donors (Lipinski definition) is 0. The summed E-state index contributed by atoms with van der Waals surface area (Å²) in [5.41, 5.74) is 0.755. The Hall–Kier alpha value is -0.520. The Morgan fingerprint density at radius 3 is 1.90 bits per heavy atom. The number of piperazine rings is 1. The van der Waals surface area contributed by atoms with E-state index in [1.807, 2.05) is 0 Å². The standard InChI is InChI=1S/C19H30N2/c1-2-4-20-6-8-21(9-7-20)5-3-19-13-16-10-17(14-19)12-18(11-16)15-19/h1,16-18H,3-15H2. The highest BCUT2D eigenvalue weighted by atomic mass is 15.3. The van der Waals surface area contributed by atoms with E-state index in [0.717, 1.165) is 29.7 Å². The van der Waals surface area contributed by atoms with Crippen LogP contribution < -0.4 is 0 Å². The molecule has 4 saturated carbocycles. The second-order valence-electron chi connectivity index (χ2n) is 8.49. The van der Waals surface area contributed by atoms with Gasteiger partial charge in [-0.05, 0) is 74.7 Å². The Labute approximate surface area is 130 Å². The van der Waals surface area contributed by atoms with Crippen molar-refractivity contribution in [2.45, 2.75) is 44.9 Å². The van der Waals surface area contributed by atoms with E-state index in [0.29, 0.717) is 0 Å².